The van der Waals surface area contributed by atoms with Gasteiger partial charge in [-0.1, -0.05) is 0 Å². The van der Waals surface area contributed by atoms with Crippen molar-refractivity contribution in [3.8, 4) is 0 Å². The first-order valence-electron chi connectivity index (χ1n) is 0. The molecule has 0 atom stereocenters. The van der Waals surface area contributed by atoms with Crippen LogP contribution in [0.2, 0.25) is 0 Å². The smallest absolute Gasteiger partial charge is 0 e. The third kappa shape index (κ3) is 29.4. The third-order valence-corrected chi connectivity index (χ3v) is 0. The second kappa shape index (κ2) is 123. The molecule has 0 spiro atoms. The molecule has 0 aromatic heterocycles. The zero-order valence-electron chi connectivity index (χ0n) is 1.69. The van der Waals surface area contributed by atoms with Gasteiger partial charge in [0.25, 0.3) is 0 Å². The van der Waals surface area contributed by atoms with Crippen LogP contribution in [0.25, 0.3) is 0 Å². The molecule has 4 heteroatoms. The number of hydrogen-bond acceptors (Lipinski definition) is 0. The Morgan fingerprint density at radius 3 is 0.750 bits per heavy atom. The second-order valence-electron chi connectivity index (χ2n) is 0. The van der Waals surface area contributed by atoms with Crippen LogP contribution in [0.1, 0.15) is 0 Å². The van der Waals surface area contributed by atoms with Crippen molar-refractivity contribution in [3.05, 3.63) is 0 Å². The molecule has 0 fully saturated rings. The summed E-state index contributed by atoms with van der Waals surface area (Å²) in [5.74, 6) is 0. The van der Waals surface area contributed by atoms with Gasteiger partial charge in [-0.3, -0.25) is 0 Å². The predicted octanol–water partition coefficient (Wildman–Crippen LogP) is -1.06. The maximum absolute atomic E-state index is 0. The molecule has 0 rings (SSSR count). The van der Waals surface area contributed by atoms with Crippen molar-refractivity contribution in [2.24, 2.45) is 0 Å². The Morgan fingerprint density at radius 2 is 0.750 bits per heavy atom. The van der Waals surface area contributed by atoms with E-state index in [1.807, 2.05) is 0 Å². The van der Waals surface area contributed by atoms with Gasteiger partial charge in [0.2, 0.25) is 0 Å². The van der Waals surface area contributed by atoms with Crippen LogP contribution < -0.4 is 0 Å². The molecule has 0 aliphatic rings. The van der Waals surface area contributed by atoms with Gasteiger partial charge in [-0.2, -0.15) is 0 Å². The molecule has 0 bridgehead atoms. The Bertz CT molecular complexity index is 3.25. The van der Waals surface area contributed by atoms with E-state index >= 15 is 0 Å². The zero-order chi connectivity index (χ0) is 0. The van der Waals surface area contributed by atoms with Crippen LogP contribution in [0.15, 0.2) is 0 Å². The molecular formula is H2MnO3-4. The van der Waals surface area contributed by atoms with Crippen molar-refractivity contribution >= 4 is 0 Å². The van der Waals surface area contributed by atoms with Crippen LogP contribution in [0.4, 0.5) is 0 Å². The molecule has 1 radical (unpaired) electrons. The van der Waals surface area contributed by atoms with Gasteiger partial charge in [-0.15, -0.1) is 0 Å². The summed E-state index contributed by atoms with van der Waals surface area (Å²) in [6, 6.07) is 0. The Hall–Kier alpha value is 0.399. The SMILES string of the molecule is O.[Mn].[O-2].[O-2]. The Labute approximate surface area is 34.4 Å². The minimum atomic E-state index is 0. The summed E-state index contributed by atoms with van der Waals surface area (Å²) in [5, 5.41) is 0. The molecule has 0 aliphatic heterocycles. The third-order valence-electron chi connectivity index (χ3n) is 0. The van der Waals surface area contributed by atoms with Crippen molar-refractivity contribution in [2.75, 3.05) is 0 Å². The molecule has 0 unspecified atom stereocenters. The quantitative estimate of drug-likeness (QED) is 0.351. The molecule has 0 amide bonds. The zero-order valence-corrected chi connectivity index (χ0v) is 2.87. The molecule has 0 saturated heterocycles. The second-order valence-corrected chi connectivity index (χ2v) is 0. The van der Waals surface area contributed by atoms with Gasteiger partial charge < -0.3 is 16.4 Å². The molecule has 4 heavy (non-hydrogen) atoms. The minimum Gasteiger partial charge on any atom is -2.00 e. The maximum Gasteiger partial charge on any atom is 0 e. The first kappa shape index (κ1) is 319. The maximum atomic E-state index is 0. The van der Waals surface area contributed by atoms with Crippen LogP contribution in [-0.2, 0) is 28.0 Å². The van der Waals surface area contributed by atoms with E-state index in [0.717, 1.165) is 0 Å². The summed E-state index contributed by atoms with van der Waals surface area (Å²) in [6.07, 6.45) is 0. The van der Waals surface area contributed by atoms with Gasteiger partial charge in [0, 0.05) is 17.1 Å². The Morgan fingerprint density at radius 1 is 0.750 bits per heavy atom. The Balaban J connectivity index is 0. The van der Waals surface area contributed by atoms with Crippen LogP contribution in [0, 0.1) is 0 Å². The fourth-order valence-electron chi connectivity index (χ4n) is 0. The van der Waals surface area contributed by atoms with Gasteiger partial charge in [-0.05, 0) is 0 Å². The molecule has 0 saturated carbocycles. The summed E-state index contributed by atoms with van der Waals surface area (Å²) in [5.41, 5.74) is 0. The first-order valence-corrected chi connectivity index (χ1v) is 0. The first-order chi connectivity index (χ1) is 0. The van der Waals surface area contributed by atoms with E-state index in [4.69, 9.17) is 0 Å². The van der Waals surface area contributed by atoms with E-state index < -0.39 is 0 Å². The molecular weight excluding hydrogens is 103 g/mol. The molecule has 31 valence electrons. The summed E-state index contributed by atoms with van der Waals surface area (Å²) >= 11 is 0. The largest absolute Gasteiger partial charge is 2.00 e. The van der Waals surface area contributed by atoms with Crippen LogP contribution >= 0.6 is 0 Å². The van der Waals surface area contributed by atoms with E-state index in [9.17, 15) is 0 Å². The predicted molar refractivity (Wildman–Crippen MR) is 4.99 cm³/mol. The van der Waals surface area contributed by atoms with Crippen molar-refractivity contribution < 1.29 is 33.5 Å². The van der Waals surface area contributed by atoms with Gasteiger partial charge >= 0.3 is 0 Å². The average Bonchev–Trinajstić information content (AvgIpc) is 0. The summed E-state index contributed by atoms with van der Waals surface area (Å²) in [6.45, 7) is 0. The van der Waals surface area contributed by atoms with Crippen LogP contribution in [0.3, 0.4) is 0 Å². The fraction of sp³-hybridized carbons (Fsp3) is 0. The number of hydrogen-bond donors (Lipinski definition) is 0. The summed E-state index contributed by atoms with van der Waals surface area (Å²) < 4.78 is 0. The van der Waals surface area contributed by atoms with E-state index in [1.165, 1.54) is 0 Å². The van der Waals surface area contributed by atoms with E-state index in [0.29, 0.717) is 0 Å². The van der Waals surface area contributed by atoms with Crippen LogP contribution in [-0.4, -0.2) is 5.48 Å². The molecule has 0 aliphatic carbocycles. The molecule has 0 aromatic carbocycles. The van der Waals surface area contributed by atoms with Gasteiger partial charge in [-0.25, -0.2) is 0 Å². The molecule has 0 aromatic rings. The van der Waals surface area contributed by atoms with Crippen LogP contribution in [0.5, 0.6) is 0 Å². The monoisotopic (exact) mass is 105 g/mol. The standard InChI is InChI=1S/Mn.H2O.2O/h;1H2;;/q;;2*-2. The van der Waals surface area contributed by atoms with Crippen molar-refractivity contribution in [3.63, 3.8) is 0 Å². The van der Waals surface area contributed by atoms with Gasteiger partial charge in [0.05, 0.1) is 0 Å². The van der Waals surface area contributed by atoms with Gasteiger partial charge in [0.1, 0.15) is 0 Å². The fourth-order valence-corrected chi connectivity index (χ4v) is 0. The van der Waals surface area contributed by atoms with E-state index in [2.05, 4.69) is 0 Å². The Kier molecular flexibility index (Phi) is 9770. The van der Waals surface area contributed by atoms with E-state index in [1.54, 1.807) is 0 Å². The van der Waals surface area contributed by atoms with E-state index in [-0.39, 0.29) is 33.5 Å². The van der Waals surface area contributed by atoms with Crippen molar-refractivity contribution in [2.45, 2.75) is 0 Å². The molecule has 0 heterocycles. The van der Waals surface area contributed by atoms with Gasteiger partial charge in [0.15, 0.2) is 0 Å². The molecule has 3 nitrogen and oxygen atoms in total. The normalized spacial score (nSPS) is 0. The summed E-state index contributed by atoms with van der Waals surface area (Å²) in [7, 11) is 0. The number of rotatable bonds is 0. The van der Waals surface area contributed by atoms with Crippen molar-refractivity contribution in [1.29, 1.82) is 0 Å². The molecule has 2 N–H and O–H groups in total. The summed E-state index contributed by atoms with van der Waals surface area (Å²) in [4.78, 5) is 0. The van der Waals surface area contributed by atoms with Crippen molar-refractivity contribution in [1.82, 2.24) is 0 Å². The topological polar surface area (TPSA) is 88.5 Å². The average molecular weight is 105 g/mol. The minimum absolute atomic E-state index is 0.